The Bertz CT molecular complexity index is 1180. The summed E-state index contributed by atoms with van der Waals surface area (Å²) in [6.45, 7) is 6.71. The molecule has 168 valence electrons. The Morgan fingerprint density at radius 1 is 1.09 bits per heavy atom. The molecule has 0 spiro atoms. The van der Waals surface area contributed by atoms with Crippen LogP contribution >= 0.6 is 45.9 Å². The number of amides is 2. The number of rotatable bonds is 7. The summed E-state index contributed by atoms with van der Waals surface area (Å²) >= 11 is 14.5. The third kappa shape index (κ3) is 5.15. The van der Waals surface area contributed by atoms with E-state index in [1.807, 2.05) is 13.8 Å². The zero-order valence-corrected chi connectivity index (χ0v) is 20.8. The van der Waals surface area contributed by atoms with Crippen LogP contribution < -0.4 is 5.43 Å². The molecule has 0 saturated heterocycles. The summed E-state index contributed by atoms with van der Waals surface area (Å²) in [5.41, 5.74) is 4.16. The second kappa shape index (κ2) is 10.5. The Hall–Kier alpha value is -2.39. The second-order valence-corrected chi connectivity index (χ2v) is 9.51. The van der Waals surface area contributed by atoms with E-state index in [2.05, 4.69) is 10.5 Å². The molecule has 0 bridgehead atoms. The fraction of sp³-hybridized carbons (Fsp3) is 0.227. The number of benzene rings is 1. The summed E-state index contributed by atoms with van der Waals surface area (Å²) in [6, 6.07) is 8.36. The lowest BCUT2D eigenvalue weighted by atomic mass is 10.1. The van der Waals surface area contributed by atoms with Crippen LogP contribution in [0.4, 0.5) is 0 Å². The van der Waals surface area contributed by atoms with Crippen LogP contribution in [0.2, 0.25) is 10.0 Å². The minimum absolute atomic E-state index is 0.0483. The lowest BCUT2D eigenvalue weighted by molar-refractivity contribution is 0.0777. The van der Waals surface area contributed by atoms with Gasteiger partial charge >= 0.3 is 0 Å². The lowest BCUT2D eigenvalue weighted by Gasteiger charge is -2.17. The number of thiophene rings is 2. The number of nitrogens with zero attached hydrogens (tertiary/aromatic N) is 2. The fourth-order valence-electron chi connectivity index (χ4n) is 2.94. The van der Waals surface area contributed by atoms with E-state index in [9.17, 15) is 14.7 Å². The first-order chi connectivity index (χ1) is 15.3. The molecule has 0 fully saturated rings. The lowest BCUT2D eigenvalue weighted by Crippen LogP contribution is -2.29. The molecule has 0 aliphatic carbocycles. The maximum absolute atomic E-state index is 12.5. The van der Waals surface area contributed by atoms with Gasteiger partial charge in [-0.15, -0.1) is 22.7 Å². The van der Waals surface area contributed by atoms with Crippen molar-refractivity contribution in [2.24, 2.45) is 5.10 Å². The number of hydrazone groups is 1. The molecule has 6 nitrogen and oxygen atoms in total. The van der Waals surface area contributed by atoms with Gasteiger partial charge in [-0.05, 0) is 50.6 Å². The van der Waals surface area contributed by atoms with Crippen molar-refractivity contribution in [3.05, 3.63) is 61.1 Å². The normalized spacial score (nSPS) is 11.5. The Morgan fingerprint density at radius 2 is 1.78 bits per heavy atom. The highest BCUT2D eigenvalue weighted by Gasteiger charge is 2.18. The zero-order valence-electron chi connectivity index (χ0n) is 17.6. The van der Waals surface area contributed by atoms with Gasteiger partial charge in [0.05, 0.1) is 36.0 Å². The van der Waals surface area contributed by atoms with Crippen molar-refractivity contribution < 1.29 is 14.7 Å². The summed E-state index contributed by atoms with van der Waals surface area (Å²) in [6.07, 6.45) is 0. The molecule has 0 saturated carbocycles. The molecule has 2 N–H and O–H groups in total. The van der Waals surface area contributed by atoms with Gasteiger partial charge in [0.2, 0.25) is 0 Å². The van der Waals surface area contributed by atoms with Crippen LogP contribution in [0.15, 0.2) is 40.8 Å². The molecule has 2 aromatic heterocycles. The van der Waals surface area contributed by atoms with Gasteiger partial charge in [-0.25, -0.2) is 5.43 Å². The van der Waals surface area contributed by atoms with E-state index in [1.54, 1.807) is 47.5 Å². The van der Waals surface area contributed by atoms with E-state index in [-0.39, 0.29) is 11.7 Å². The maximum Gasteiger partial charge on any atom is 0.281 e. The number of hydrogen-bond donors (Lipinski definition) is 2. The molecule has 0 radical (unpaired) electrons. The van der Waals surface area contributed by atoms with Crippen LogP contribution in [0.3, 0.4) is 0 Å². The maximum atomic E-state index is 12.5. The number of nitrogens with one attached hydrogen (secondary N) is 1. The van der Waals surface area contributed by atoms with E-state index < -0.39 is 5.91 Å². The van der Waals surface area contributed by atoms with Crippen LogP contribution in [0.5, 0.6) is 5.75 Å². The van der Waals surface area contributed by atoms with Crippen molar-refractivity contribution in [2.75, 3.05) is 13.1 Å². The quantitative estimate of drug-likeness (QED) is 0.297. The van der Waals surface area contributed by atoms with Crippen molar-refractivity contribution in [1.82, 2.24) is 10.3 Å². The highest BCUT2D eigenvalue weighted by molar-refractivity contribution is 7.16. The molecule has 0 aliphatic rings. The molecule has 32 heavy (non-hydrogen) atoms. The fourth-order valence-corrected chi connectivity index (χ4v) is 5.11. The molecule has 1 aromatic carbocycles. The number of carbonyl (C=O) groups excluding carboxylic acids is 2. The monoisotopic (exact) mass is 509 g/mol. The molecule has 3 rings (SSSR count). The van der Waals surface area contributed by atoms with E-state index >= 15 is 0 Å². The minimum atomic E-state index is -0.424. The first-order valence-corrected chi connectivity index (χ1v) is 12.2. The highest BCUT2D eigenvalue weighted by Crippen LogP contribution is 2.40. The van der Waals surface area contributed by atoms with Gasteiger partial charge in [-0.2, -0.15) is 5.10 Å². The van der Waals surface area contributed by atoms with Gasteiger partial charge in [-0.1, -0.05) is 29.3 Å². The van der Waals surface area contributed by atoms with E-state index in [1.165, 1.54) is 11.3 Å². The van der Waals surface area contributed by atoms with Crippen molar-refractivity contribution in [3.63, 3.8) is 0 Å². The zero-order chi connectivity index (χ0) is 23.4. The van der Waals surface area contributed by atoms with Gasteiger partial charge < -0.3 is 10.0 Å². The molecular formula is C22H21Cl2N3O3S2. The number of aromatic hydroxyl groups is 1. The minimum Gasteiger partial charge on any atom is -0.506 e. The first-order valence-electron chi connectivity index (χ1n) is 9.76. The van der Waals surface area contributed by atoms with Crippen molar-refractivity contribution in [2.45, 2.75) is 20.8 Å². The summed E-state index contributed by atoms with van der Waals surface area (Å²) in [5, 5.41) is 17.4. The second-order valence-electron chi connectivity index (χ2n) is 6.74. The standard InChI is InChI=1S/C22H21Cl2N3O3S2/c1-4-27(5-2)22(30)18-9-8-17(32-18)21(29)26-25-12(3)14-11-31-20(19(14)28)13-6-7-15(23)16(24)10-13/h6-11,28H,4-5H2,1-3H3,(H,26,29). The van der Waals surface area contributed by atoms with Gasteiger partial charge in [0.1, 0.15) is 5.75 Å². The molecule has 0 aliphatic heterocycles. The molecular weight excluding hydrogens is 489 g/mol. The Labute approximate surface area is 204 Å². The molecule has 3 aromatic rings. The van der Waals surface area contributed by atoms with Crippen LogP contribution in [0.25, 0.3) is 10.4 Å². The van der Waals surface area contributed by atoms with Gasteiger partial charge in [0.25, 0.3) is 11.8 Å². The Kier molecular flexibility index (Phi) is 7.95. The topological polar surface area (TPSA) is 82.0 Å². The molecule has 2 amide bonds. The largest absolute Gasteiger partial charge is 0.506 e. The number of halogens is 2. The summed E-state index contributed by atoms with van der Waals surface area (Å²) in [5.74, 6) is -0.476. The number of hydrogen-bond acceptors (Lipinski definition) is 6. The van der Waals surface area contributed by atoms with Crippen LogP contribution in [0.1, 0.15) is 45.7 Å². The van der Waals surface area contributed by atoms with Crippen LogP contribution in [0, 0.1) is 0 Å². The predicted molar refractivity (Wildman–Crippen MR) is 133 cm³/mol. The van der Waals surface area contributed by atoms with E-state index in [4.69, 9.17) is 23.2 Å². The Balaban J connectivity index is 1.74. The smallest absolute Gasteiger partial charge is 0.281 e. The van der Waals surface area contributed by atoms with Crippen molar-refractivity contribution in [3.8, 4) is 16.2 Å². The van der Waals surface area contributed by atoms with Crippen LogP contribution in [-0.4, -0.2) is 40.6 Å². The first kappa shape index (κ1) is 24.3. The number of carbonyl (C=O) groups is 2. The van der Waals surface area contributed by atoms with Crippen LogP contribution in [-0.2, 0) is 0 Å². The van der Waals surface area contributed by atoms with E-state index in [0.717, 1.165) is 16.9 Å². The SMILES string of the molecule is CCN(CC)C(=O)c1ccc(C(=O)NN=C(C)c2csc(-c3ccc(Cl)c(Cl)c3)c2O)s1. The van der Waals surface area contributed by atoms with Gasteiger partial charge in [-0.3, -0.25) is 9.59 Å². The predicted octanol–water partition coefficient (Wildman–Crippen LogP) is 6.13. The highest BCUT2D eigenvalue weighted by atomic mass is 35.5. The average Bonchev–Trinajstić information content (AvgIpc) is 3.42. The average molecular weight is 510 g/mol. The van der Waals surface area contributed by atoms with Crippen molar-refractivity contribution >= 4 is 63.4 Å². The summed E-state index contributed by atoms with van der Waals surface area (Å²) < 4.78 is 0. The molecule has 0 atom stereocenters. The molecule has 0 unspecified atom stereocenters. The van der Waals surface area contributed by atoms with Gasteiger partial charge in [0.15, 0.2) is 0 Å². The molecule has 10 heteroatoms. The third-order valence-corrected chi connectivity index (χ3v) is 7.58. The summed E-state index contributed by atoms with van der Waals surface area (Å²) in [4.78, 5) is 28.1. The third-order valence-electron chi connectivity index (χ3n) is 4.75. The van der Waals surface area contributed by atoms with Gasteiger partial charge in [0, 0.05) is 18.5 Å². The van der Waals surface area contributed by atoms with E-state index in [0.29, 0.717) is 49.0 Å². The van der Waals surface area contributed by atoms with Crippen molar-refractivity contribution in [1.29, 1.82) is 0 Å². The Morgan fingerprint density at radius 3 is 2.44 bits per heavy atom. The summed E-state index contributed by atoms with van der Waals surface area (Å²) in [7, 11) is 0. The molecule has 2 heterocycles.